The zero-order valence-corrected chi connectivity index (χ0v) is 20.5. The van der Waals surface area contributed by atoms with Crippen LogP contribution >= 0.6 is 24.0 Å². The van der Waals surface area contributed by atoms with Crippen molar-refractivity contribution in [2.24, 2.45) is 5.92 Å². The second-order valence-corrected chi connectivity index (χ2v) is 9.28. The van der Waals surface area contributed by atoms with Gasteiger partial charge in [0.15, 0.2) is 5.88 Å². The van der Waals surface area contributed by atoms with Gasteiger partial charge in [-0.05, 0) is 70.0 Å². The van der Waals surface area contributed by atoms with E-state index in [1.54, 1.807) is 19.1 Å². The molecule has 0 spiro atoms. The molecule has 176 valence electrons. The van der Waals surface area contributed by atoms with Gasteiger partial charge in [0.05, 0.1) is 6.26 Å². The lowest BCUT2D eigenvalue weighted by molar-refractivity contribution is -0.129. The molecular formula is C24H33Cl2N3O3. The Labute approximate surface area is 201 Å². The van der Waals surface area contributed by atoms with E-state index in [2.05, 4.69) is 35.7 Å². The standard InChI is InChI=1S/C24H32ClN3O3.ClH/c1-17(14-21(29)27-22-8-5-13-31-22)23(30)26-20-9-11-24(12-10-20,28(2)3)16-18-6-4-7-19(25)15-18;/h4-8,13,15,17,20H,9-12,14,16H2,1-3H3,(H,26,30)(H,27,29);1H. The van der Waals surface area contributed by atoms with Crippen molar-refractivity contribution in [1.82, 2.24) is 10.2 Å². The first-order chi connectivity index (χ1) is 14.8. The predicted molar refractivity (Wildman–Crippen MR) is 130 cm³/mol. The zero-order chi connectivity index (χ0) is 22.4. The van der Waals surface area contributed by atoms with E-state index in [0.29, 0.717) is 5.88 Å². The average Bonchev–Trinajstić information content (AvgIpc) is 3.22. The number of furan rings is 1. The van der Waals surface area contributed by atoms with E-state index < -0.39 is 5.92 Å². The van der Waals surface area contributed by atoms with Crippen LogP contribution in [0.15, 0.2) is 47.1 Å². The van der Waals surface area contributed by atoms with Gasteiger partial charge in [-0.15, -0.1) is 12.4 Å². The number of nitrogens with zero attached hydrogens (tertiary/aromatic N) is 1. The SMILES string of the molecule is CC(CC(=O)Nc1ccco1)C(=O)NC1CCC(Cc2cccc(Cl)c2)(N(C)C)CC1.Cl. The van der Waals surface area contributed by atoms with Crippen LogP contribution in [0.3, 0.4) is 0 Å². The van der Waals surface area contributed by atoms with Crippen molar-refractivity contribution < 1.29 is 14.0 Å². The first kappa shape index (κ1) is 26.2. The number of carbonyl (C=O) groups is 2. The average molecular weight is 482 g/mol. The van der Waals surface area contributed by atoms with Gasteiger partial charge in [0.2, 0.25) is 11.8 Å². The van der Waals surface area contributed by atoms with Crippen LogP contribution in [-0.2, 0) is 16.0 Å². The van der Waals surface area contributed by atoms with Crippen molar-refractivity contribution >= 4 is 41.7 Å². The summed E-state index contributed by atoms with van der Waals surface area (Å²) in [7, 11) is 4.26. The second kappa shape index (κ2) is 11.7. The Bertz CT molecular complexity index is 878. The Kier molecular flexibility index (Phi) is 9.62. The highest BCUT2D eigenvalue weighted by atomic mass is 35.5. The zero-order valence-electron chi connectivity index (χ0n) is 18.9. The van der Waals surface area contributed by atoms with Crippen molar-refractivity contribution in [2.75, 3.05) is 19.4 Å². The number of likely N-dealkylation sites (N-methyl/N-ethyl adjacent to an activating group) is 1. The van der Waals surface area contributed by atoms with Gasteiger partial charge >= 0.3 is 0 Å². The van der Waals surface area contributed by atoms with Crippen molar-refractivity contribution in [2.45, 2.75) is 57.0 Å². The van der Waals surface area contributed by atoms with Crippen LogP contribution in [0, 0.1) is 5.92 Å². The normalized spacial score (nSPS) is 21.5. The van der Waals surface area contributed by atoms with E-state index in [-0.39, 0.29) is 42.2 Å². The molecule has 0 saturated heterocycles. The van der Waals surface area contributed by atoms with Gasteiger partial charge in [-0.3, -0.25) is 14.9 Å². The number of hydrogen-bond donors (Lipinski definition) is 2. The number of benzene rings is 1. The summed E-state index contributed by atoms with van der Waals surface area (Å²) in [6, 6.07) is 11.6. The third-order valence-electron chi connectivity index (χ3n) is 6.36. The largest absolute Gasteiger partial charge is 0.449 e. The molecule has 1 atom stereocenters. The smallest absolute Gasteiger partial charge is 0.227 e. The molecule has 1 aromatic heterocycles. The number of amides is 2. The number of nitrogens with one attached hydrogen (secondary N) is 2. The van der Waals surface area contributed by atoms with Crippen LogP contribution in [0.5, 0.6) is 0 Å². The van der Waals surface area contributed by atoms with Gasteiger partial charge in [0.1, 0.15) is 0 Å². The molecule has 0 bridgehead atoms. The molecule has 0 aliphatic heterocycles. The van der Waals surface area contributed by atoms with Crippen LogP contribution in [-0.4, -0.2) is 42.4 Å². The molecule has 1 aliphatic carbocycles. The minimum absolute atomic E-state index is 0. The Morgan fingerprint density at radius 2 is 1.94 bits per heavy atom. The summed E-state index contributed by atoms with van der Waals surface area (Å²) in [5.41, 5.74) is 1.29. The minimum atomic E-state index is -0.401. The van der Waals surface area contributed by atoms with Crippen molar-refractivity contribution in [3.8, 4) is 0 Å². The molecule has 1 fully saturated rings. The lowest BCUT2D eigenvalue weighted by atomic mass is 9.74. The monoisotopic (exact) mass is 481 g/mol. The molecule has 3 rings (SSSR count). The molecule has 2 N–H and O–H groups in total. The Balaban J connectivity index is 0.00000363. The van der Waals surface area contributed by atoms with Crippen LogP contribution < -0.4 is 10.6 Å². The Hall–Kier alpha value is -2.02. The molecule has 1 aromatic carbocycles. The fourth-order valence-electron chi connectivity index (χ4n) is 4.36. The number of carbonyl (C=O) groups excluding carboxylic acids is 2. The van der Waals surface area contributed by atoms with E-state index in [1.807, 2.05) is 18.2 Å². The highest BCUT2D eigenvalue weighted by Crippen LogP contribution is 2.36. The fraction of sp³-hybridized carbons (Fsp3) is 0.500. The van der Waals surface area contributed by atoms with E-state index in [4.69, 9.17) is 16.0 Å². The molecule has 2 aromatic rings. The van der Waals surface area contributed by atoms with Crippen LogP contribution in [0.1, 0.15) is 44.6 Å². The van der Waals surface area contributed by atoms with Crippen molar-refractivity contribution in [3.63, 3.8) is 0 Å². The Morgan fingerprint density at radius 3 is 2.53 bits per heavy atom. The molecule has 1 unspecified atom stereocenters. The molecule has 6 nitrogen and oxygen atoms in total. The molecule has 0 radical (unpaired) electrons. The third kappa shape index (κ3) is 6.99. The first-order valence-corrected chi connectivity index (χ1v) is 11.2. The molecule has 1 saturated carbocycles. The van der Waals surface area contributed by atoms with Crippen molar-refractivity contribution in [3.05, 3.63) is 53.2 Å². The molecule has 32 heavy (non-hydrogen) atoms. The fourth-order valence-corrected chi connectivity index (χ4v) is 4.57. The van der Waals surface area contributed by atoms with Crippen LogP contribution in [0.25, 0.3) is 0 Å². The number of rotatable bonds is 8. The molecule has 8 heteroatoms. The molecule has 2 amide bonds. The van der Waals surface area contributed by atoms with Gasteiger partial charge in [0.25, 0.3) is 0 Å². The number of halogens is 2. The lowest BCUT2D eigenvalue weighted by Gasteiger charge is -2.45. The van der Waals surface area contributed by atoms with E-state index in [0.717, 1.165) is 37.1 Å². The maximum atomic E-state index is 12.6. The molecular weight excluding hydrogens is 449 g/mol. The van der Waals surface area contributed by atoms with Gasteiger partial charge in [0, 0.05) is 35.0 Å². The minimum Gasteiger partial charge on any atom is -0.449 e. The molecule has 1 heterocycles. The van der Waals surface area contributed by atoms with Crippen molar-refractivity contribution in [1.29, 1.82) is 0 Å². The summed E-state index contributed by atoms with van der Waals surface area (Å²) in [4.78, 5) is 27.1. The van der Waals surface area contributed by atoms with Gasteiger partial charge in [-0.25, -0.2) is 0 Å². The van der Waals surface area contributed by atoms with E-state index in [9.17, 15) is 9.59 Å². The lowest BCUT2D eigenvalue weighted by Crippen LogP contribution is -2.52. The summed E-state index contributed by atoms with van der Waals surface area (Å²) in [5, 5.41) is 6.57. The Morgan fingerprint density at radius 1 is 1.22 bits per heavy atom. The highest BCUT2D eigenvalue weighted by Gasteiger charge is 2.38. The third-order valence-corrected chi connectivity index (χ3v) is 6.59. The topological polar surface area (TPSA) is 74.6 Å². The number of hydrogen-bond acceptors (Lipinski definition) is 4. The van der Waals surface area contributed by atoms with Crippen LogP contribution in [0.2, 0.25) is 5.02 Å². The summed E-state index contributed by atoms with van der Waals surface area (Å²) in [6.45, 7) is 1.78. The molecule has 1 aliphatic rings. The maximum absolute atomic E-state index is 12.6. The van der Waals surface area contributed by atoms with Gasteiger partial charge in [-0.2, -0.15) is 0 Å². The summed E-state index contributed by atoms with van der Waals surface area (Å²) in [5.74, 6) is -0.312. The maximum Gasteiger partial charge on any atom is 0.227 e. The highest BCUT2D eigenvalue weighted by molar-refractivity contribution is 6.30. The number of anilines is 1. The predicted octanol–water partition coefficient (Wildman–Crippen LogP) is 4.92. The summed E-state index contributed by atoms with van der Waals surface area (Å²) < 4.78 is 5.11. The summed E-state index contributed by atoms with van der Waals surface area (Å²) in [6.07, 6.45) is 6.36. The quantitative estimate of drug-likeness (QED) is 0.560. The second-order valence-electron chi connectivity index (χ2n) is 8.84. The van der Waals surface area contributed by atoms with E-state index >= 15 is 0 Å². The van der Waals surface area contributed by atoms with Crippen LogP contribution in [0.4, 0.5) is 5.88 Å². The first-order valence-electron chi connectivity index (χ1n) is 10.8. The van der Waals surface area contributed by atoms with Gasteiger partial charge in [-0.1, -0.05) is 30.7 Å². The van der Waals surface area contributed by atoms with E-state index in [1.165, 1.54) is 11.8 Å². The summed E-state index contributed by atoms with van der Waals surface area (Å²) >= 11 is 6.18. The van der Waals surface area contributed by atoms with Gasteiger partial charge < -0.3 is 14.6 Å².